The summed E-state index contributed by atoms with van der Waals surface area (Å²) >= 11 is 0. The molecule has 166 valence electrons. The van der Waals surface area contributed by atoms with E-state index in [9.17, 15) is 18.4 Å². The number of carbonyl (C=O) groups is 1. The van der Waals surface area contributed by atoms with Crippen LogP contribution in [0.15, 0.2) is 65.5 Å². The molecule has 3 aromatic rings. The zero-order valence-electron chi connectivity index (χ0n) is 17.4. The van der Waals surface area contributed by atoms with Gasteiger partial charge in [0.15, 0.2) is 0 Å². The van der Waals surface area contributed by atoms with Gasteiger partial charge in [0.2, 0.25) is 5.91 Å². The Morgan fingerprint density at radius 3 is 2.09 bits per heavy atom. The van der Waals surface area contributed by atoms with Crippen molar-refractivity contribution in [2.45, 2.75) is 13.1 Å². The third-order valence-electron chi connectivity index (χ3n) is 5.34. The van der Waals surface area contributed by atoms with Crippen molar-refractivity contribution in [2.24, 2.45) is 0 Å². The van der Waals surface area contributed by atoms with Crippen molar-refractivity contribution in [3.05, 3.63) is 88.2 Å². The fourth-order valence-electron chi connectivity index (χ4n) is 3.56. The number of aromatic nitrogens is 2. The van der Waals surface area contributed by atoms with Gasteiger partial charge in [-0.3, -0.25) is 9.59 Å². The molecule has 0 aliphatic carbocycles. The number of piperazine rings is 1. The first-order valence-corrected chi connectivity index (χ1v) is 10.3. The van der Waals surface area contributed by atoms with E-state index in [4.69, 9.17) is 0 Å². The number of benzene rings is 2. The van der Waals surface area contributed by atoms with Crippen LogP contribution < -0.4 is 20.7 Å². The Kier molecular flexibility index (Phi) is 6.44. The number of hydrogen-bond donors (Lipinski definition) is 1. The lowest BCUT2D eigenvalue weighted by molar-refractivity contribution is -0.122. The Bertz CT molecular complexity index is 1120. The largest absolute Gasteiger partial charge is 0.368 e. The average molecular weight is 439 g/mol. The van der Waals surface area contributed by atoms with Crippen molar-refractivity contribution in [2.75, 3.05) is 36.0 Å². The first-order chi connectivity index (χ1) is 15.5. The van der Waals surface area contributed by atoms with Gasteiger partial charge in [0.05, 0.1) is 0 Å². The first kappa shape index (κ1) is 21.5. The molecule has 1 saturated heterocycles. The monoisotopic (exact) mass is 439 g/mol. The van der Waals surface area contributed by atoms with E-state index in [1.807, 2.05) is 4.90 Å². The molecule has 1 aliphatic heterocycles. The quantitative estimate of drug-likeness (QED) is 0.638. The van der Waals surface area contributed by atoms with Gasteiger partial charge in [-0.25, -0.2) is 13.5 Å². The maximum atomic E-state index is 13.1. The van der Waals surface area contributed by atoms with Crippen molar-refractivity contribution in [3.63, 3.8) is 0 Å². The molecule has 0 bridgehead atoms. The Morgan fingerprint density at radius 2 is 1.44 bits per heavy atom. The van der Waals surface area contributed by atoms with Crippen molar-refractivity contribution in [1.82, 2.24) is 15.1 Å². The fourth-order valence-corrected chi connectivity index (χ4v) is 3.56. The van der Waals surface area contributed by atoms with E-state index >= 15 is 0 Å². The van der Waals surface area contributed by atoms with Crippen LogP contribution in [0.25, 0.3) is 0 Å². The van der Waals surface area contributed by atoms with Crippen LogP contribution in [-0.2, 0) is 17.9 Å². The second kappa shape index (κ2) is 9.59. The summed E-state index contributed by atoms with van der Waals surface area (Å²) in [5.74, 6) is -0.344. The predicted molar refractivity (Wildman–Crippen MR) is 118 cm³/mol. The molecule has 1 aliphatic rings. The zero-order chi connectivity index (χ0) is 22.5. The summed E-state index contributed by atoms with van der Waals surface area (Å²) in [5, 5.41) is 7.08. The maximum absolute atomic E-state index is 13.1. The standard InChI is InChI=1S/C23H23F2N5O2/c24-18-3-1-17(2-4-18)15-26-22(31)16-30-23(32)10-9-21(27-30)29-13-11-28(12-14-29)20-7-5-19(25)6-8-20/h1-10H,11-16H2,(H,26,31). The number of halogens is 2. The smallest absolute Gasteiger partial charge is 0.267 e. The molecule has 1 aromatic heterocycles. The lowest BCUT2D eigenvalue weighted by Gasteiger charge is -2.36. The zero-order valence-corrected chi connectivity index (χ0v) is 17.4. The number of nitrogens with zero attached hydrogens (tertiary/aromatic N) is 4. The van der Waals surface area contributed by atoms with Crippen LogP contribution >= 0.6 is 0 Å². The molecule has 0 unspecified atom stereocenters. The predicted octanol–water partition coefficient (Wildman–Crippen LogP) is 2.16. The molecule has 7 nitrogen and oxygen atoms in total. The maximum Gasteiger partial charge on any atom is 0.267 e. The van der Waals surface area contributed by atoms with E-state index in [1.54, 1.807) is 30.3 Å². The molecule has 4 rings (SSSR count). The van der Waals surface area contributed by atoms with Gasteiger partial charge in [0, 0.05) is 44.5 Å². The van der Waals surface area contributed by atoms with Crippen molar-refractivity contribution < 1.29 is 13.6 Å². The van der Waals surface area contributed by atoms with E-state index in [-0.39, 0.29) is 36.2 Å². The summed E-state index contributed by atoms with van der Waals surface area (Å²) in [7, 11) is 0. The molecule has 9 heteroatoms. The number of carbonyl (C=O) groups excluding carboxylic acids is 1. The molecule has 1 fully saturated rings. The summed E-state index contributed by atoms with van der Waals surface area (Å²) in [6.45, 7) is 2.84. The molecular formula is C23H23F2N5O2. The molecule has 2 aromatic carbocycles. The third kappa shape index (κ3) is 5.29. The van der Waals surface area contributed by atoms with Crippen LogP contribution in [0.1, 0.15) is 5.56 Å². The molecular weight excluding hydrogens is 416 g/mol. The van der Waals surface area contributed by atoms with Gasteiger partial charge in [-0.15, -0.1) is 0 Å². The lowest BCUT2D eigenvalue weighted by Crippen LogP contribution is -2.47. The van der Waals surface area contributed by atoms with Gasteiger partial charge in [-0.1, -0.05) is 12.1 Å². The molecule has 0 atom stereocenters. The highest BCUT2D eigenvalue weighted by Crippen LogP contribution is 2.19. The molecule has 0 saturated carbocycles. The Hall–Kier alpha value is -3.75. The van der Waals surface area contributed by atoms with Crippen LogP contribution in [0.5, 0.6) is 0 Å². The summed E-state index contributed by atoms with van der Waals surface area (Å²) in [5.41, 5.74) is 1.35. The summed E-state index contributed by atoms with van der Waals surface area (Å²) < 4.78 is 27.3. The summed E-state index contributed by atoms with van der Waals surface area (Å²) in [6.07, 6.45) is 0. The highest BCUT2D eigenvalue weighted by Gasteiger charge is 2.19. The molecule has 32 heavy (non-hydrogen) atoms. The highest BCUT2D eigenvalue weighted by atomic mass is 19.1. The van der Waals surface area contributed by atoms with Crippen LogP contribution in [-0.4, -0.2) is 41.9 Å². The van der Waals surface area contributed by atoms with Crippen molar-refractivity contribution in [3.8, 4) is 0 Å². The van der Waals surface area contributed by atoms with Gasteiger partial charge >= 0.3 is 0 Å². The van der Waals surface area contributed by atoms with Gasteiger partial charge in [-0.2, -0.15) is 5.10 Å². The minimum absolute atomic E-state index is 0.205. The molecule has 0 radical (unpaired) electrons. The summed E-state index contributed by atoms with van der Waals surface area (Å²) in [6, 6.07) is 15.3. The lowest BCUT2D eigenvalue weighted by atomic mass is 10.2. The van der Waals surface area contributed by atoms with Crippen LogP contribution in [0.4, 0.5) is 20.3 Å². The molecule has 1 amide bonds. The average Bonchev–Trinajstić information content (AvgIpc) is 2.81. The molecule has 2 heterocycles. The van der Waals surface area contributed by atoms with Gasteiger partial charge in [-0.05, 0) is 48.0 Å². The second-order valence-electron chi connectivity index (χ2n) is 7.54. The Labute approximate surface area is 183 Å². The number of nitrogens with one attached hydrogen (secondary N) is 1. The SMILES string of the molecule is O=C(Cn1nc(N2CCN(c3ccc(F)cc3)CC2)ccc1=O)NCc1ccc(F)cc1. The minimum atomic E-state index is -0.365. The van der Waals surface area contributed by atoms with Crippen LogP contribution in [0.2, 0.25) is 0 Å². The van der Waals surface area contributed by atoms with Gasteiger partial charge < -0.3 is 15.1 Å². The van der Waals surface area contributed by atoms with Gasteiger partial charge in [0.1, 0.15) is 24.0 Å². The van der Waals surface area contributed by atoms with Crippen molar-refractivity contribution >= 4 is 17.4 Å². The molecule has 1 N–H and O–H groups in total. The number of hydrogen-bond acceptors (Lipinski definition) is 5. The normalized spacial score (nSPS) is 13.8. The van der Waals surface area contributed by atoms with Crippen molar-refractivity contribution in [1.29, 1.82) is 0 Å². The van der Waals surface area contributed by atoms with E-state index < -0.39 is 0 Å². The van der Waals surface area contributed by atoms with E-state index in [0.717, 1.165) is 29.0 Å². The van der Waals surface area contributed by atoms with E-state index in [2.05, 4.69) is 15.3 Å². The topological polar surface area (TPSA) is 70.5 Å². The molecule has 0 spiro atoms. The number of anilines is 2. The van der Waals surface area contributed by atoms with Crippen LogP contribution in [0.3, 0.4) is 0 Å². The number of amides is 1. The Morgan fingerprint density at radius 1 is 0.844 bits per heavy atom. The summed E-state index contributed by atoms with van der Waals surface area (Å²) in [4.78, 5) is 28.7. The highest BCUT2D eigenvalue weighted by molar-refractivity contribution is 5.75. The van der Waals surface area contributed by atoms with Gasteiger partial charge in [0.25, 0.3) is 5.56 Å². The fraction of sp³-hybridized carbons (Fsp3) is 0.261. The Balaban J connectivity index is 1.35. The van der Waals surface area contributed by atoms with Crippen LogP contribution in [0, 0.1) is 11.6 Å². The minimum Gasteiger partial charge on any atom is -0.368 e. The third-order valence-corrected chi connectivity index (χ3v) is 5.34. The van der Waals surface area contributed by atoms with E-state index in [1.165, 1.54) is 30.3 Å². The number of rotatable bonds is 6. The second-order valence-corrected chi connectivity index (χ2v) is 7.54. The first-order valence-electron chi connectivity index (χ1n) is 10.3. The van der Waals surface area contributed by atoms with E-state index in [0.29, 0.717) is 18.9 Å².